The average molecular weight is 271 g/mol. The van der Waals surface area contributed by atoms with Gasteiger partial charge in [-0.15, -0.1) is 0 Å². The zero-order chi connectivity index (χ0) is 12.1. The lowest BCUT2D eigenvalue weighted by Gasteiger charge is -2.28. The lowest BCUT2D eigenvalue weighted by atomic mass is 10.2. The molecular formula is C13H19ClN2S. The Morgan fingerprint density at radius 3 is 2.76 bits per heavy atom. The van der Waals surface area contributed by atoms with Crippen molar-refractivity contribution in [3.05, 3.63) is 28.8 Å². The van der Waals surface area contributed by atoms with Crippen molar-refractivity contribution in [3.63, 3.8) is 0 Å². The van der Waals surface area contributed by atoms with E-state index in [4.69, 9.17) is 11.6 Å². The van der Waals surface area contributed by atoms with Crippen molar-refractivity contribution >= 4 is 29.1 Å². The lowest BCUT2D eigenvalue weighted by molar-refractivity contribution is 0.726. The molecule has 1 heterocycles. The maximum absolute atomic E-state index is 6.31. The highest BCUT2D eigenvalue weighted by molar-refractivity contribution is 7.99. The van der Waals surface area contributed by atoms with E-state index >= 15 is 0 Å². The van der Waals surface area contributed by atoms with Gasteiger partial charge in [0.05, 0.1) is 0 Å². The minimum Gasteiger partial charge on any atom is -0.370 e. The molecule has 1 aromatic rings. The fourth-order valence-corrected chi connectivity index (χ4v) is 3.10. The number of halogens is 1. The standard InChI is InChI=1S/C13H19ClN2S/c1-2-15-10-11-3-4-12(9-13(11)14)16-5-7-17-8-6-16/h3-4,9,15H,2,5-8,10H2,1H3. The second-order valence-electron chi connectivity index (χ2n) is 4.16. The molecule has 1 N–H and O–H groups in total. The number of benzene rings is 1. The zero-order valence-corrected chi connectivity index (χ0v) is 11.8. The molecule has 94 valence electrons. The van der Waals surface area contributed by atoms with Crippen LogP contribution in [0.4, 0.5) is 5.69 Å². The first-order valence-corrected chi connectivity index (χ1v) is 7.66. The molecule has 2 rings (SSSR count). The van der Waals surface area contributed by atoms with Crippen molar-refractivity contribution < 1.29 is 0 Å². The van der Waals surface area contributed by atoms with Crippen LogP contribution >= 0.6 is 23.4 Å². The maximum Gasteiger partial charge on any atom is 0.0471 e. The number of hydrogen-bond donors (Lipinski definition) is 1. The predicted octanol–water partition coefficient (Wildman–Crippen LogP) is 3.00. The quantitative estimate of drug-likeness (QED) is 0.906. The molecule has 0 amide bonds. The monoisotopic (exact) mass is 270 g/mol. The van der Waals surface area contributed by atoms with E-state index in [0.717, 1.165) is 31.2 Å². The summed E-state index contributed by atoms with van der Waals surface area (Å²) in [6, 6.07) is 6.43. The summed E-state index contributed by atoms with van der Waals surface area (Å²) in [5, 5.41) is 4.18. The molecule has 1 fully saturated rings. The minimum atomic E-state index is 0.853. The van der Waals surface area contributed by atoms with E-state index in [9.17, 15) is 0 Å². The van der Waals surface area contributed by atoms with Crippen LogP contribution in [0.3, 0.4) is 0 Å². The van der Waals surface area contributed by atoms with E-state index in [1.807, 2.05) is 11.8 Å². The largest absolute Gasteiger partial charge is 0.370 e. The smallest absolute Gasteiger partial charge is 0.0471 e. The van der Waals surface area contributed by atoms with Crippen molar-refractivity contribution in [1.82, 2.24) is 5.32 Å². The molecule has 1 aromatic carbocycles. The van der Waals surface area contributed by atoms with Crippen LogP contribution in [0.15, 0.2) is 18.2 Å². The van der Waals surface area contributed by atoms with Crippen LogP contribution in [0, 0.1) is 0 Å². The van der Waals surface area contributed by atoms with Crippen molar-refractivity contribution in [2.75, 3.05) is 36.0 Å². The first kappa shape index (κ1) is 13.1. The Hall–Kier alpha value is -0.380. The molecule has 1 aliphatic rings. The van der Waals surface area contributed by atoms with Crippen LogP contribution in [0.1, 0.15) is 12.5 Å². The Kier molecular flexibility index (Phi) is 5.01. The van der Waals surface area contributed by atoms with Gasteiger partial charge in [-0.3, -0.25) is 0 Å². The van der Waals surface area contributed by atoms with Gasteiger partial charge in [0.1, 0.15) is 0 Å². The highest BCUT2D eigenvalue weighted by Gasteiger charge is 2.12. The van der Waals surface area contributed by atoms with E-state index in [0.29, 0.717) is 0 Å². The Bertz CT molecular complexity index is 364. The molecule has 1 saturated heterocycles. The van der Waals surface area contributed by atoms with E-state index in [1.165, 1.54) is 22.8 Å². The normalized spacial score (nSPS) is 16.2. The van der Waals surface area contributed by atoms with Crippen LogP contribution in [-0.4, -0.2) is 31.1 Å². The van der Waals surface area contributed by atoms with E-state index in [-0.39, 0.29) is 0 Å². The fourth-order valence-electron chi connectivity index (χ4n) is 1.96. The van der Waals surface area contributed by atoms with Gasteiger partial charge in [0.2, 0.25) is 0 Å². The van der Waals surface area contributed by atoms with Gasteiger partial charge in [-0.1, -0.05) is 24.6 Å². The summed E-state index contributed by atoms with van der Waals surface area (Å²) in [5.74, 6) is 2.44. The fraction of sp³-hybridized carbons (Fsp3) is 0.538. The third-order valence-electron chi connectivity index (χ3n) is 2.98. The Balaban J connectivity index is 2.06. The number of nitrogens with zero attached hydrogens (tertiary/aromatic N) is 1. The van der Waals surface area contributed by atoms with Gasteiger partial charge < -0.3 is 10.2 Å². The number of rotatable bonds is 4. The van der Waals surface area contributed by atoms with Crippen LogP contribution in [0.2, 0.25) is 5.02 Å². The molecule has 0 saturated carbocycles. The molecule has 2 nitrogen and oxygen atoms in total. The molecule has 0 spiro atoms. The highest BCUT2D eigenvalue weighted by atomic mass is 35.5. The summed E-state index contributed by atoms with van der Waals surface area (Å²) >= 11 is 8.34. The Labute approximate surface area is 113 Å². The van der Waals surface area contributed by atoms with Gasteiger partial charge >= 0.3 is 0 Å². The molecule has 0 aromatic heterocycles. The molecule has 0 radical (unpaired) electrons. The van der Waals surface area contributed by atoms with Gasteiger partial charge in [-0.2, -0.15) is 11.8 Å². The average Bonchev–Trinajstić information content (AvgIpc) is 2.38. The number of anilines is 1. The summed E-state index contributed by atoms with van der Waals surface area (Å²) in [6.45, 7) is 6.20. The van der Waals surface area contributed by atoms with Crippen molar-refractivity contribution in [3.8, 4) is 0 Å². The first-order valence-electron chi connectivity index (χ1n) is 6.13. The summed E-state index contributed by atoms with van der Waals surface area (Å²) in [5.41, 5.74) is 2.44. The summed E-state index contributed by atoms with van der Waals surface area (Å²) in [4.78, 5) is 2.42. The highest BCUT2D eigenvalue weighted by Crippen LogP contribution is 2.25. The number of nitrogens with one attached hydrogen (secondary N) is 1. The second kappa shape index (κ2) is 6.53. The van der Waals surface area contributed by atoms with Crippen LogP contribution < -0.4 is 10.2 Å². The van der Waals surface area contributed by atoms with Crippen molar-refractivity contribution in [2.45, 2.75) is 13.5 Å². The van der Waals surface area contributed by atoms with Crippen LogP contribution in [0.25, 0.3) is 0 Å². The van der Waals surface area contributed by atoms with Gasteiger partial charge in [0.15, 0.2) is 0 Å². The zero-order valence-electron chi connectivity index (χ0n) is 10.2. The Morgan fingerprint density at radius 1 is 1.35 bits per heavy atom. The van der Waals surface area contributed by atoms with Crippen LogP contribution in [0.5, 0.6) is 0 Å². The molecule has 0 aliphatic carbocycles. The van der Waals surface area contributed by atoms with E-state index in [2.05, 4.69) is 35.3 Å². The molecule has 0 atom stereocenters. The Morgan fingerprint density at radius 2 is 2.12 bits per heavy atom. The third kappa shape index (κ3) is 3.54. The number of hydrogen-bond acceptors (Lipinski definition) is 3. The molecule has 1 aliphatic heterocycles. The molecular weight excluding hydrogens is 252 g/mol. The number of thioether (sulfide) groups is 1. The van der Waals surface area contributed by atoms with Gasteiger partial charge in [0, 0.05) is 41.8 Å². The topological polar surface area (TPSA) is 15.3 Å². The third-order valence-corrected chi connectivity index (χ3v) is 4.27. The van der Waals surface area contributed by atoms with Crippen molar-refractivity contribution in [2.24, 2.45) is 0 Å². The molecule has 17 heavy (non-hydrogen) atoms. The van der Waals surface area contributed by atoms with Crippen molar-refractivity contribution in [1.29, 1.82) is 0 Å². The summed E-state index contributed by atoms with van der Waals surface area (Å²) in [7, 11) is 0. The van der Waals surface area contributed by atoms with Gasteiger partial charge in [-0.05, 0) is 24.2 Å². The minimum absolute atomic E-state index is 0.853. The summed E-state index contributed by atoms with van der Waals surface area (Å²) < 4.78 is 0. The molecule has 0 bridgehead atoms. The SMILES string of the molecule is CCNCc1ccc(N2CCSCC2)cc1Cl. The van der Waals surface area contributed by atoms with E-state index < -0.39 is 0 Å². The van der Waals surface area contributed by atoms with Gasteiger partial charge in [-0.25, -0.2) is 0 Å². The second-order valence-corrected chi connectivity index (χ2v) is 5.79. The lowest BCUT2D eigenvalue weighted by Crippen LogP contribution is -2.32. The van der Waals surface area contributed by atoms with Gasteiger partial charge in [0.25, 0.3) is 0 Å². The summed E-state index contributed by atoms with van der Waals surface area (Å²) in [6.07, 6.45) is 0. The van der Waals surface area contributed by atoms with E-state index in [1.54, 1.807) is 0 Å². The van der Waals surface area contributed by atoms with Crippen LogP contribution in [-0.2, 0) is 6.54 Å². The maximum atomic E-state index is 6.31. The first-order chi connectivity index (χ1) is 8.31. The molecule has 0 unspecified atom stereocenters. The molecule has 4 heteroatoms. The predicted molar refractivity (Wildman–Crippen MR) is 78.4 cm³/mol.